The van der Waals surface area contributed by atoms with Crippen LogP contribution in [0.2, 0.25) is 0 Å². The highest BCUT2D eigenvalue weighted by Gasteiger charge is 2.17. The van der Waals surface area contributed by atoms with Crippen LogP contribution < -0.4 is 5.56 Å². The van der Waals surface area contributed by atoms with Gasteiger partial charge in [0.1, 0.15) is 0 Å². The predicted octanol–water partition coefficient (Wildman–Crippen LogP) is 3.67. The third-order valence-corrected chi connectivity index (χ3v) is 4.69. The number of nitrogens with one attached hydrogen (secondary N) is 1. The van der Waals surface area contributed by atoms with Gasteiger partial charge in [0, 0.05) is 16.7 Å². The zero-order valence-corrected chi connectivity index (χ0v) is 14.9. The lowest BCUT2D eigenvalue weighted by Gasteiger charge is -2.07. The van der Waals surface area contributed by atoms with E-state index in [9.17, 15) is 14.7 Å². The molecule has 2 N–H and O–H groups in total. The molecule has 6 nitrogen and oxygen atoms in total. The Kier molecular flexibility index (Phi) is 3.88. The van der Waals surface area contributed by atoms with Gasteiger partial charge in [0.2, 0.25) is 0 Å². The molecule has 0 aliphatic carbocycles. The lowest BCUT2D eigenvalue weighted by atomic mass is 10.0. The van der Waals surface area contributed by atoms with Gasteiger partial charge in [0.15, 0.2) is 5.65 Å². The van der Waals surface area contributed by atoms with Crippen molar-refractivity contribution in [1.82, 2.24) is 14.6 Å². The van der Waals surface area contributed by atoms with Gasteiger partial charge in [-0.15, -0.1) is 0 Å². The molecule has 0 unspecified atom stereocenters. The topological polar surface area (TPSA) is 87.5 Å². The van der Waals surface area contributed by atoms with Crippen molar-refractivity contribution in [2.24, 2.45) is 0 Å². The van der Waals surface area contributed by atoms with Gasteiger partial charge in [0.25, 0.3) is 5.56 Å². The van der Waals surface area contributed by atoms with Crippen molar-refractivity contribution < 1.29 is 9.90 Å². The highest BCUT2D eigenvalue weighted by molar-refractivity contribution is 5.89. The summed E-state index contributed by atoms with van der Waals surface area (Å²) in [4.78, 5) is 28.9. The second-order valence-corrected chi connectivity index (χ2v) is 6.41. The average Bonchev–Trinajstić information content (AvgIpc) is 3.02. The van der Waals surface area contributed by atoms with Crippen LogP contribution in [0, 0.1) is 13.8 Å². The SMILES string of the molecule is Cc1c(-c2cccc(C(=O)O)c2)nc2c(C)c(-c3ccccc3)[nH]n2c1=O. The molecule has 4 aromatic rings. The second kappa shape index (κ2) is 6.25. The Bertz CT molecular complexity index is 1240. The van der Waals surface area contributed by atoms with Crippen molar-refractivity contribution in [2.75, 3.05) is 0 Å². The van der Waals surface area contributed by atoms with Gasteiger partial charge in [0.05, 0.1) is 17.0 Å². The van der Waals surface area contributed by atoms with Crippen molar-refractivity contribution in [3.63, 3.8) is 0 Å². The van der Waals surface area contributed by atoms with E-state index >= 15 is 0 Å². The fraction of sp³-hybridized carbons (Fsp3) is 0.0952. The summed E-state index contributed by atoms with van der Waals surface area (Å²) < 4.78 is 1.44. The molecule has 0 aliphatic heterocycles. The van der Waals surface area contributed by atoms with Gasteiger partial charge in [-0.25, -0.2) is 14.3 Å². The molecule has 27 heavy (non-hydrogen) atoms. The van der Waals surface area contributed by atoms with E-state index in [-0.39, 0.29) is 11.1 Å². The van der Waals surface area contributed by atoms with E-state index in [1.54, 1.807) is 19.1 Å². The van der Waals surface area contributed by atoms with Crippen LogP contribution in [0.15, 0.2) is 59.4 Å². The fourth-order valence-corrected chi connectivity index (χ4v) is 3.23. The number of rotatable bonds is 3. The Balaban J connectivity index is 1.98. The molecule has 0 saturated carbocycles. The molecule has 0 bridgehead atoms. The number of aryl methyl sites for hydroxylation is 1. The number of aromatic nitrogens is 3. The number of hydrogen-bond donors (Lipinski definition) is 2. The summed E-state index contributed by atoms with van der Waals surface area (Å²) in [7, 11) is 0. The number of aromatic amines is 1. The molecule has 2 heterocycles. The number of carbonyl (C=O) groups is 1. The number of fused-ring (bicyclic) bond motifs is 1. The maximum atomic E-state index is 12.9. The zero-order valence-electron chi connectivity index (χ0n) is 14.9. The number of H-pyrrole nitrogens is 1. The molecule has 2 aromatic heterocycles. The standard InChI is InChI=1S/C21H17N3O3/c1-12-18(14-7-4-3-5-8-14)23-24-19(12)22-17(13(2)20(24)25)15-9-6-10-16(11-15)21(26)27/h3-11,23H,1-2H3,(H,26,27). The number of hydrogen-bond acceptors (Lipinski definition) is 3. The Labute approximate surface area is 154 Å². The van der Waals surface area contributed by atoms with Gasteiger partial charge < -0.3 is 5.11 Å². The van der Waals surface area contributed by atoms with E-state index < -0.39 is 5.97 Å². The van der Waals surface area contributed by atoms with Gasteiger partial charge in [-0.2, -0.15) is 0 Å². The quantitative estimate of drug-likeness (QED) is 0.584. The minimum absolute atomic E-state index is 0.157. The highest BCUT2D eigenvalue weighted by Crippen LogP contribution is 2.26. The molecule has 0 saturated heterocycles. The number of nitrogens with zero attached hydrogens (tertiary/aromatic N) is 2. The largest absolute Gasteiger partial charge is 0.478 e. The molecule has 0 atom stereocenters. The van der Waals surface area contributed by atoms with Gasteiger partial charge >= 0.3 is 5.97 Å². The molecule has 0 amide bonds. The lowest BCUT2D eigenvalue weighted by Crippen LogP contribution is -2.19. The van der Waals surface area contributed by atoms with E-state index in [4.69, 9.17) is 4.98 Å². The van der Waals surface area contributed by atoms with Crippen LogP contribution in [-0.4, -0.2) is 25.7 Å². The second-order valence-electron chi connectivity index (χ2n) is 6.41. The van der Waals surface area contributed by atoms with Crippen molar-refractivity contribution >= 4 is 11.6 Å². The van der Waals surface area contributed by atoms with Crippen molar-refractivity contribution in [2.45, 2.75) is 13.8 Å². The van der Waals surface area contributed by atoms with Crippen LogP contribution >= 0.6 is 0 Å². The van der Waals surface area contributed by atoms with Gasteiger partial charge in [-0.05, 0) is 31.5 Å². The van der Waals surface area contributed by atoms with Crippen LogP contribution in [0.1, 0.15) is 21.5 Å². The number of aromatic carboxylic acids is 1. The highest BCUT2D eigenvalue weighted by atomic mass is 16.4. The summed E-state index contributed by atoms with van der Waals surface area (Å²) in [6, 6.07) is 16.2. The van der Waals surface area contributed by atoms with E-state index in [1.165, 1.54) is 16.6 Å². The number of carboxylic acid groups (broad SMARTS) is 1. The Hall–Kier alpha value is -3.67. The van der Waals surface area contributed by atoms with Crippen LogP contribution in [-0.2, 0) is 0 Å². The first-order valence-corrected chi connectivity index (χ1v) is 8.48. The smallest absolute Gasteiger partial charge is 0.335 e. The summed E-state index contributed by atoms with van der Waals surface area (Å²) in [5.74, 6) is -1.02. The first-order valence-electron chi connectivity index (χ1n) is 8.48. The molecule has 134 valence electrons. The molecule has 6 heteroatoms. The van der Waals surface area contributed by atoms with E-state index in [1.807, 2.05) is 37.3 Å². The first-order chi connectivity index (χ1) is 13.0. The van der Waals surface area contributed by atoms with Crippen LogP contribution in [0.5, 0.6) is 0 Å². The van der Waals surface area contributed by atoms with Gasteiger partial charge in [-0.1, -0.05) is 42.5 Å². The Morgan fingerprint density at radius 3 is 2.41 bits per heavy atom. The Morgan fingerprint density at radius 2 is 1.70 bits per heavy atom. The summed E-state index contributed by atoms with van der Waals surface area (Å²) >= 11 is 0. The number of benzene rings is 2. The third kappa shape index (κ3) is 2.71. The van der Waals surface area contributed by atoms with Crippen LogP contribution in [0.25, 0.3) is 28.2 Å². The maximum absolute atomic E-state index is 12.9. The number of carboxylic acids is 1. The summed E-state index contributed by atoms with van der Waals surface area (Å²) in [5, 5.41) is 12.4. The van der Waals surface area contributed by atoms with Gasteiger partial charge in [-0.3, -0.25) is 9.89 Å². The summed E-state index contributed by atoms with van der Waals surface area (Å²) in [6.07, 6.45) is 0. The zero-order chi connectivity index (χ0) is 19.1. The summed E-state index contributed by atoms with van der Waals surface area (Å²) in [6.45, 7) is 3.61. The predicted molar refractivity (Wildman–Crippen MR) is 103 cm³/mol. The first kappa shape index (κ1) is 16.8. The fourth-order valence-electron chi connectivity index (χ4n) is 3.23. The maximum Gasteiger partial charge on any atom is 0.335 e. The van der Waals surface area contributed by atoms with Crippen molar-refractivity contribution in [1.29, 1.82) is 0 Å². The molecule has 0 spiro atoms. The molecule has 0 aliphatic rings. The minimum atomic E-state index is -1.02. The van der Waals surface area contributed by atoms with E-state index in [0.717, 1.165) is 16.8 Å². The molecular formula is C21H17N3O3. The molecule has 4 rings (SSSR count). The third-order valence-electron chi connectivity index (χ3n) is 4.69. The Morgan fingerprint density at radius 1 is 1.00 bits per heavy atom. The molecule has 0 fully saturated rings. The molecular weight excluding hydrogens is 342 g/mol. The van der Waals surface area contributed by atoms with Crippen molar-refractivity contribution in [3.05, 3.63) is 81.6 Å². The molecule has 2 aromatic carbocycles. The van der Waals surface area contributed by atoms with Crippen LogP contribution in [0.4, 0.5) is 0 Å². The summed E-state index contributed by atoms with van der Waals surface area (Å²) in [5.41, 5.74) is 4.68. The monoisotopic (exact) mass is 359 g/mol. The lowest BCUT2D eigenvalue weighted by molar-refractivity contribution is 0.0697. The van der Waals surface area contributed by atoms with E-state index in [0.29, 0.717) is 22.5 Å². The van der Waals surface area contributed by atoms with E-state index in [2.05, 4.69) is 5.10 Å². The minimum Gasteiger partial charge on any atom is -0.478 e. The van der Waals surface area contributed by atoms with Crippen molar-refractivity contribution in [3.8, 4) is 22.5 Å². The molecule has 0 radical (unpaired) electrons. The normalized spacial score (nSPS) is 11.0. The average molecular weight is 359 g/mol. The van der Waals surface area contributed by atoms with Crippen LogP contribution in [0.3, 0.4) is 0 Å².